The lowest BCUT2D eigenvalue weighted by Crippen LogP contribution is -2.03. The molecule has 2 rings (SSSR count). The van der Waals surface area contributed by atoms with Gasteiger partial charge in [0, 0.05) is 12.4 Å². The summed E-state index contributed by atoms with van der Waals surface area (Å²) in [7, 11) is 0. The van der Waals surface area contributed by atoms with Crippen LogP contribution < -0.4 is 0 Å². The number of nitriles is 1. The number of nitrogens with zero attached hydrogens (tertiary/aromatic N) is 5. The number of hydrogen-bond acceptors (Lipinski definition) is 7. The number of carbonyl (C=O) groups is 1. The molecule has 17 heavy (non-hydrogen) atoms. The van der Waals surface area contributed by atoms with Crippen molar-refractivity contribution in [2.75, 3.05) is 6.61 Å². The van der Waals surface area contributed by atoms with Crippen LogP contribution >= 0.6 is 11.3 Å². The number of imidazole rings is 1. The first-order valence-electron chi connectivity index (χ1n) is 4.70. The molecule has 0 saturated carbocycles. The summed E-state index contributed by atoms with van der Waals surface area (Å²) < 4.78 is 6.25. The Morgan fingerprint density at radius 3 is 3.18 bits per heavy atom. The van der Waals surface area contributed by atoms with E-state index in [9.17, 15) is 4.79 Å². The third kappa shape index (κ3) is 2.14. The first-order valence-corrected chi connectivity index (χ1v) is 5.52. The molecule has 0 spiro atoms. The topological polar surface area (TPSA) is 93.7 Å². The first-order chi connectivity index (χ1) is 8.26. The molecule has 0 aliphatic rings. The van der Waals surface area contributed by atoms with E-state index in [0.29, 0.717) is 5.13 Å². The number of aromatic nitrogens is 4. The molecule has 0 bridgehead atoms. The van der Waals surface area contributed by atoms with E-state index in [1.54, 1.807) is 13.1 Å². The number of carbonyl (C=O) groups excluding carboxylic acids is 1. The predicted molar refractivity (Wildman–Crippen MR) is 57.7 cm³/mol. The largest absolute Gasteiger partial charge is 0.461 e. The molecule has 0 aliphatic carbocycles. The zero-order valence-electron chi connectivity index (χ0n) is 8.82. The van der Waals surface area contributed by atoms with E-state index < -0.39 is 5.97 Å². The zero-order valence-corrected chi connectivity index (χ0v) is 9.64. The van der Waals surface area contributed by atoms with E-state index in [0.717, 1.165) is 11.3 Å². The summed E-state index contributed by atoms with van der Waals surface area (Å²) >= 11 is 1.04. The molecular weight excluding hydrogens is 242 g/mol. The Kier molecular flexibility index (Phi) is 3.11. The maximum absolute atomic E-state index is 11.4. The molecule has 0 fully saturated rings. The first kappa shape index (κ1) is 11.2. The van der Waals surface area contributed by atoms with Gasteiger partial charge in [-0.15, -0.1) is 10.2 Å². The number of ether oxygens (including phenoxy) is 1. The second-order valence-corrected chi connectivity index (χ2v) is 3.80. The summed E-state index contributed by atoms with van der Waals surface area (Å²) in [6.45, 7) is 1.99. The van der Waals surface area contributed by atoms with Gasteiger partial charge in [-0.25, -0.2) is 9.78 Å². The Balaban J connectivity index is 2.31. The highest BCUT2D eigenvalue weighted by atomic mass is 32.1. The van der Waals surface area contributed by atoms with Crippen molar-refractivity contribution in [3.63, 3.8) is 0 Å². The van der Waals surface area contributed by atoms with E-state index in [4.69, 9.17) is 10.00 Å². The Bertz CT molecular complexity index is 582. The summed E-state index contributed by atoms with van der Waals surface area (Å²) in [5, 5.41) is 16.9. The molecule has 2 aromatic rings. The van der Waals surface area contributed by atoms with Gasteiger partial charge in [0.15, 0.2) is 0 Å². The zero-order chi connectivity index (χ0) is 12.3. The van der Waals surface area contributed by atoms with Gasteiger partial charge in [0.25, 0.3) is 0 Å². The molecule has 0 atom stereocenters. The SMILES string of the molecule is CCOC(=O)c1nnc(-n2ccnc2C#N)s1. The van der Waals surface area contributed by atoms with Crippen molar-refractivity contribution in [3.05, 3.63) is 23.2 Å². The second-order valence-electron chi connectivity index (χ2n) is 2.84. The van der Waals surface area contributed by atoms with E-state index in [2.05, 4.69) is 15.2 Å². The van der Waals surface area contributed by atoms with Crippen LogP contribution in [0.15, 0.2) is 12.4 Å². The maximum atomic E-state index is 11.4. The third-order valence-corrected chi connectivity index (χ3v) is 2.71. The van der Waals surface area contributed by atoms with Crippen molar-refractivity contribution in [2.45, 2.75) is 6.92 Å². The van der Waals surface area contributed by atoms with Gasteiger partial charge in [0.05, 0.1) is 6.61 Å². The van der Waals surface area contributed by atoms with Gasteiger partial charge in [0.2, 0.25) is 16.0 Å². The smallest absolute Gasteiger partial charge is 0.369 e. The molecule has 0 saturated heterocycles. The monoisotopic (exact) mass is 249 g/mol. The lowest BCUT2D eigenvalue weighted by molar-refractivity contribution is 0.0525. The van der Waals surface area contributed by atoms with Gasteiger partial charge >= 0.3 is 5.97 Å². The van der Waals surface area contributed by atoms with Gasteiger partial charge in [-0.3, -0.25) is 4.57 Å². The molecule has 86 valence electrons. The summed E-state index contributed by atoms with van der Waals surface area (Å²) in [4.78, 5) is 15.2. The average Bonchev–Trinajstić information content (AvgIpc) is 2.97. The van der Waals surface area contributed by atoms with Crippen molar-refractivity contribution in [1.29, 1.82) is 5.26 Å². The number of hydrogen-bond donors (Lipinski definition) is 0. The molecule has 8 heteroatoms. The van der Waals surface area contributed by atoms with Gasteiger partial charge in [-0.05, 0) is 6.92 Å². The van der Waals surface area contributed by atoms with Crippen LogP contribution in [0.3, 0.4) is 0 Å². The van der Waals surface area contributed by atoms with Crippen LogP contribution in [0, 0.1) is 11.3 Å². The fourth-order valence-electron chi connectivity index (χ4n) is 1.13. The van der Waals surface area contributed by atoms with E-state index >= 15 is 0 Å². The third-order valence-electron chi connectivity index (χ3n) is 1.81. The van der Waals surface area contributed by atoms with Crippen molar-refractivity contribution in [3.8, 4) is 11.2 Å². The van der Waals surface area contributed by atoms with E-state index in [1.807, 2.05) is 6.07 Å². The summed E-state index contributed by atoms with van der Waals surface area (Å²) in [6, 6.07) is 1.91. The molecule has 7 nitrogen and oxygen atoms in total. The molecule has 2 aromatic heterocycles. The lowest BCUT2D eigenvalue weighted by atomic mass is 10.7. The van der Waals surface area contributed by atoms with Gasteiger partial charge in [0.1, 0.15) is 6.07 Å². The van der Waals surface area contributed by atoms with Crippen molar-refractivity contribution in [1.82, 2.24) is 19.7 Å². The van der Waals surface area contributed by atoms with Crippen molar-refractivity contribution >= 4 is 17.3 Å². The second kappa shape index (κ2) is 4.71. The van der Waals surface area contributed by atoms with Crippen molar-refractivity contribution < 1.29 is 9.53 Å². The van der Waals surface area contributed by atoms with E-state index in [1.165, 1.54) is 10.8 Å². The van der Waals surface area contributed by atoms with Crippen LogP contribution in [0.4, 0.5) is 0 Å². The normalized spacial score (nSPS) is 9.88. The van der Waals surface area contributed by atoms with Crippen molar-refractivity contribution in [2.24, 2.45) is 0 Å². The molecule has 0 amide bonds. The molecule has 0 unspecified atom stereocenters. The minimum absolute atomic E-state index is 0.152. The van der Waals surface area contributed by atoms with Crippen LogP contribution in [0.25, 0.3) is 5.13 Å². The summed E-state index contributed by atoms with van der Waals surface area (Å²) in [5.74, 6) is -0.327. The summed E-state index contributed by atoms with van der Waals surface area (Å²) in [6.07, 6.45) is 3.05. The van der Waals surface area contributed by atoms with Crippen LogP contribution in [-0.4, -0.2) is 32.3 Å². The molecule has 0 aromatic carbocycles. The number of esters is 1. The quantitative estimate of drug-likeness (QED) is 0.746. The Hall–Kier alpha value is -2.27. The highest BCUT2D eigenvalue weighted by molar-refractivity contribution is 7.15. The Morgan fingerprint density at radius 1 is 1.65 bits per heavy atom. The lowest BCUT2D eigenvalue weighted by Gasteiger charge is -1.95. The van der Waals surface area contributed by atoms with Gasteiger partial charge in [-0.2, -0.15) is 5.26 Å². The average molecular weight is 249 g/mol. The van der Waals surface area contributed by atoms with Crippen LogP contribution in [0.5, 0.6) is 0 Å². The molecular formula is C9H7N5O2S. The standard InChI is InChI=1S/C9H7N5O2S/c1-2-16-8(15)7-12-13-9(17-7)14-4-3-11-6(14)5-10/h3-4H,2H2,1H3. The fraction of sp³-hybridized carbons (Fsp3) is 0.222. The number of rotatable bonds is 3. The molecule has 0 N–H and O–H groups in total. The Morgan fingerprint density at radius 2 is 2.47 bits per heavy atom. The predicted octanol–water partition coefficient (Wildman–Crippen LogP) is 0.772. The highest BCUT2D eigenvalue weighted by Crippen LogP contribution is 2.16. The van der Waals surface area contributed by atoms with Gasteiger partial charge < -0.3 is 4.74 Å². The van der Waals surface area contributed by atoms with Crippen LogP contribution in [0.2, 0.25) is 0 Å². The van der Waals surface area contributed by atoms with E-state index in [-0.39, 0.29) is 17.4 Å². The fourth-order valence-corrected chi connectivity index (χ4v) is 1.85. The molecule has 0 aliphatic heterocycles. The van der Waals surface area contributed by atoms with Crippen LogP contribution in [0.1, 0.15) is 22.6 Å². The van der Waals surface area contributed by atoms with Crippen LogP contribution in [-0.2, 0) is 4.74 Å². The minimum atomic E-state index is -0.519. The van der Waals surface area contributed by atoms with Gasteiger partial charge in [-0.1, -0.05) is 11.3 Å². The Labute approximate surface area is 100 Å². The molecule has 0 radical (unpaired) electrons. The summed E-state index contributed by atoms with van der Waals surface area (Å²) in [5.41, 5.74) is 0. The molecule has 2 heterocycles. The maximum Gasteiger partial charge on any atom is 0.369 e. The highest BCUT2D eigenvalue weighted by Gasteiger charge is 2.16. The minimum Gasteiger partial charge on any atom is -0.461 e.